The Morgan fingerprint density at radius 3 is 2.73 bits per heavy atom. The summed E-state index contributed by atoms with van der Waals surface area (Å²) in [6, 6.07) is 1.37. The van der Waals surface area contributed by atoms with Gasteiger partial charge in [0, 0.05) is 29.6 Å². The second-order valence-electron chi connectivity index (χ2n) is 11.7. The molecule has 2 heteroatoms. The van der Waals surface area contributed by atoms with Crippen molar-refractivity contribution in [1.29, 1.82) is 0 Å². The lowest BCUT2D eigenvalue weighted by atomic mass is 9.74. The lowest BCUT2D eigenvalue weighted by Crippen LogP contribution is -2.43. The highest BCUT2D eigenvalue weighted by Crippen LogP contribution is 2.56. The van der Waals surface area contributed by atoms with E-state index in [1.807, 2.05) is 5.57 Å². The Bertz CT molecular complexity index is 996. The number of hydrogen-bond donors (Lipinski definition) is 2. The second kappa shape index (κ2) is 8.45. The molecule has 0 bridgehead atoms. The van der Waals surface area contributed by atoms with Crippen LogP contribution in [-0.4, -0.2) is 18.6 Å². The molecule has 174 valence electrons. The average Bonchev–Trinajstić information content (AvgIpc) is 3.23. The fourth-order valence-corrected chi connectivity index (χ4v) is 8.41. The van der Waals surface area contributed by atoms with Gasteiger partial charge in [0.25, 0.3) is 0 Å². The molecule has 2 fully saturated rings. The van der Waals surface area contributed by atoms with Gasteiger partial charge in [0.05, 0.1) is 0 Å². The van der Waals surface area contributed by atoms with Crippen LogP contribution in [-0.2, 0) is 0 Å². The molecule has 1 saturated heterocycles. The highest BCUT2D eigenvalue weighted by Gasteiger charge is 2.47. The van der Waals surface area contributed by atoms with Gasteiger partial charge < -0.3 is 10.6 Å². The van der Waals surface area contributed by atoms with E-state index in [0.717, 1.165) is 5.92 Å². The number of allylic oxidation sites excluding steroid dienone is 9. The van der Waals surface area contributed by atoms with Crippen molar-refractivity contribution in [3.8, 4) is 0 Å². The van der Waals surface area contributed by atoms with Gasteiger partial charge in [-0.1, -0.05) is 66.9 Å². The van der Waals surface area contributed by atoms with Crippen molar-refractivity contribution < 1.29 is 0 Å². The maximum atomic E-state index is 4.00. The Labute approximate surface area is 200 Å². The molecule has 0 spiro atoms. The summed E-state index contributed by atoms with van der Waals surface area (Å²) in [5, 5.41) is 7.95. The van der Waals surface area contributed by atoms with Gasteiger partial charge in [-0.15, -0.1) is 0 Å². The lowest BCUT2D eigenvalue weighted by Gasteiger charge is -2.38. The van der Waals surface area contributed by atoms with Crippen LogP contribution in [0.2, 0.25) is 0 Å². The van der Waals surface area contributed by atoms with Crippen molar-refractivity contribution >= 4 is 0 Å². The van der Waals surface area contributed by atoms with E-state index >= 15 is 0 Å². The normalized spacial score (nSPS) is 39.8. The fourth-order valence-electron chi connectivity index (χ4n) is 8.41. The number of hydrogen-bond acceptors (Lipinski definition) is 2. The Hall–Kier alpha value is -1.80. The van der Waals surface area contributed by atoms with E-state index < -0.39 is 0 Å². The van der Waals surface area contributed by atoms with E-state index in [1.165, 1.54) is 94.9 Å². The number of piperidine rings is 1. The van der Waals surface area contributed by atoms with Crippen molar-refractivity contribution in [1.82, 2.24) is 10.6 Å². The first-order valence-corrected chi connectivity index (χ1v) is 14.1. The molecule has 2 nitrogen and oxygen atoms in total. The van der Waals surface area contributed by atoms with Crippen LogP contribution >= 0.6 is 0 Å². The SMILES string of the molecule is C1=CC2=C(CC1)CCC1=C2C2C=C(C3=CCC4CCCCC4N3)C=CC2C1C1CCCCN1. The lowest BCUT2D eigenvalue weighted by molar-refractivity contribution is 0.264. The van der Waals surface area contributed by atoms with Crippen LogP contribution in [0.5, 0.6) is 0 Å². The Morgan fingerprint density at radius 2 is 1.79 bits per heavy atom. The molecule has 6 atom stereocenters. The smallest absolute Gasteiger partial charge is 0.0372 e. The van der Waals surface area contributed by atoms with Gasteiger partial charge in [0.1, 0.15) is 0 Å². The minimum Gasteiger partial charge on any atom is -0.382 e. The zero-order valence-corrected chi connectivity index (χ0v) is 20.1. The number of fused-ring (bicyclic) bond motifs is 4. The molecule has 0 aromatic carbocycles. The van der Waals surface area contributed by atoms with Crippen LogP contribution in [0.25, 0.3) is 0 Å². The Morgan fingerprint density at radius 1 is 0.879 bits per heavy atom. The van der Waals surface area contributed by atoms with Crippen LogP contribution in [0.1, 0.15) is 77.0 Å². The van der Waals surface area contributed by atoms with Crippen molar-refractivity contribution in [2.24, 2.45) is 23.7 Å². The summed E-state index contributed by atoms with van der Waals surface area (Å²) in [6.07, 6.45) is 31.4. The first-order chi connectivity index (χ1) is 16.4. The van der Waals surface area contributed by atoms with E-state index in [1.54, 1.807) is 16.7 Å². The third-order valence-electron chi connectivity index (χ3n) is 10.0. The third kappa shape index (κ3) is 3.47. The average molecular weight is 441 g/mol. The van der Waals surface area contributed by atoms with Crippen molar-refractivity contribution in [2.45, 2.75) is 89.1 Å². The maximum absolute atomic E-state index is 4.00. The highest BCUT2D eigenvalue weighted by atomic mass is 15.0. The summed E-state index contributed by atoms with van der Waals surface area (Å²) >= 11 is 0. The van der Waals surface area contributed by atoms with Gasteiger partial charge in [-0.05, 0) is 92.9 Å². The van der Waals surface area contributed by atoms with Gasteiger partial charge in [0.15, 0.2) is 0 Å². The molecule has 33 heavy (non-hydrogen) atoms. The zero-order chi connectivity index (χ0) is 21.8. The second-order valence-corrected chi connectivity index (χ2v) is 11.7. The molecule has 0 radical (unpaired) electrons. The van der Waals surface area contributed by atoms with E-state index in [-0.39, 0.29) is 0 Å². The Balaban J connectivity index is 1.25. The summed E-state index contributed by atoms with van der Waals surface area (Å²) in [4.78, 5) is 0. The molecule has 2 aliphatic heterocycles. The van der Waals surface area contributed by atoms with Gasteiger partial charge >= 0.3 is 0 Å². The molecule has 1 saturated carbocycles. The van der Waals surface area contributed by atoms with E-state index in [9.17, 15) is 0 Å². The summed E-state index contributed by atoms with van der Waals surface area (Å²) < 4.78 is 0. The molecule has 0 aromatic rings. The van der Waals surface area contributed by atoms with Crippen LogP contribution in [0.3, 0.4) is 0 Å². The topological polar surface area (TPSA) is 24.1 Å². The van der Waals surface area contributed by atoms with Gasteiger partial charge in [-0.2, -0.15) is 0 Å². The molecule has 5 aliphatic carbocycles. The quantitative estimate of drug-likeness (QED) is 0.502. The van der Waals surface area contributed by atoms with Crippen LogP contribution in [0, 0.1) is 23.7 Å². The fraction of sp³-hybridized carbons (Fsp3) is 0.613. The van der Waals surface area contributed by atoms with E-state index in [0.29, 0.717) is 29.8 Å². The first kappa shape index (κ1) is 20.6. The summed E-state index contributed by atoms with van der Waals surface area (Å²) in [7, 11) is 0. The van der Waals surface area contributed by atoms with Crippen LogP contribution < -0.4 is 10.6 Å². The van der Waals surface area contributed by atoms with Gasteiger partial charge in [-0.3, -0.25) is 0 Å². The molecular formula is C31H40N2. The van der Waals surface area contributed by atoms with E-state index in [2.05, 4.69) is 47.1 Å². The third-order valence-corrected chi connectivity index (χ3v) is 10.0. The molecule has 2 N–H and O–H groups in total. The van der Waals surface area contributed by atoms with Gasteiger partial charge in [-0.25, -0.2) is 0 Å². The maximum Gasteiger partial charge on any atom is 0.0372 e. The molecule has 2 heterocycles. The van der Waals surface area contributed by atoms with Crippen molar-refractivity contribution in [3.63, 3.8) is 0 Å². The van der Waals surface area contributed by atoms with Crippen molar-refractivity contribution in [2.75, 3.05) is 6.54 Å². The molecular weight excluding hydrogens is 400 g/mol. The zero-order valence-electron chi connectivity index (χ0n) is 20.1. The minimum atomic E-state index is 0.563. The molecule has 6 unspecified atom stereocenters. The first-order valence-electron chi connectivity index (χ1n) is 14.1. The monoisotopic (exact) mass is 440 g/mol. The van der Waals surface area contributed by atoms with Gasteiger partial charge in [0.2, 0.25) is 0 Å². The molecule has 0 aromatic heterocycles. The summed E-state index contributed by atoms with van der Waals surface area (Å²) in [5.74, 6) is 2.76. The minimum absolute atomic E-state index is 0.563. The standard InChI is InChI=1S/C31H40N2/c1-3-9-23-20(7-1)12-16-25-30(23)26-19-22(28-17-14-21-8-2-4-10-27(21)33-28)13-15-24(26)31(25)29-11-5-6-18-32-29/h3,9,13,15,17,19,21,24,26-27,29,31-33H,1-2,4-8,10-12,14,16,18H2. The predicted octanol–water partition coefficient (Wildman–Crippen LogP) is 6.66. The Kier molecular flexibility index (Phi) is 5.27. The molecule has 0 amide bonds. The van der Waals surface area contributed by atoms with E-state index in [4.69, 9.17) is 0 Å². The number of nitrogens with one attached hydrogen (secondary N) is 2. The van der Waals surface area contributed by atoms with Crippen molar-refractivity contribution in [3.05, 3.63) is 70.0 Å². The highest BCUT2D eigenvalue weighted by molar-refractivity contribution is 5.59. The number of rotatable bonds is 2. The summed E-state index contributed by atoms with van der Waals surface area (Å²) in [5.41, 5.74) is 9.84. The largest absolute Gasteiger partial charge is 0.382 e. The molecule has 7 aliphatic rings. The molecule has 7 rings (SSSR count). The summed E-state index contributed by atoms with van der Waals surface area (Å²) in [6.45, 7) is 1.21. The predicted molar refractivity (Wildman–Crippen MR) is 137 cm³/mol. The van der Waals surface area contributed by atoms with Crippen LogP contribution in [0.15, 0.2) is 70.0 Å². The van der Waals surface area contributed by atoms with Crippen LogP contribution in [0.4, 0.5) is 0 Å².